The monoisotopic (exact) mass is 156 g/mol. The zero-order chi connectivity index (χ0) is 4.28. The zero-order valence-corrected chi connectivity index (χ0v) is 5.30. The predicted octanol–water partition coefficient (Wildman–Crippen LogP) is 0.717. The summed E-state index contributed by atoms with van der Waals surface area (Å²) >= 11 is 2.36. The SMILES string of the molecule is C[S+]([O-])CBr. The van der Waals surface area contributed by atoms with Crippen LogP contribution in [0.15, 0.2) is 0 Å². The van der Waals surface area contributed by atoms with Crippen molar-refractivity contribution in [3.63, 3.8) is 0 Å². The van der Waals surface area contributed by atoms with E-state index in [1.807, 2.05) is 0 Å². The maximum atomic E-state index is 9.88. The molecular formula is C2H5BrOS. The molecule has 0 rings (SSSR count). The lowest BCUT2D eigenvalue weighted by Crippen LogP contribution is -1.93. The molecule has 1 unspecified atom stereocenters. The van der Waals surface area contributed by atoms with E-state index in [2.05, 4.69) is 15.9 Å². The van der Waals surface area contributed by atoms with E-state index < -0.39 is 11.2 Å². The Bertz CT molecular complexity index is 23.6. The number of halogens is 1. The molecule has 0 spiro atoms. The van der Waals surface area contributed by atoms with Gasteiger partial charge in [0.2, 0.25) is 0 Å². The summed E-state index contributed by atoms with van der Waals surface area (Å²) in [5, 5.41) is 0. The van der Waals surface area contributed by atoms with Crippen molar-refractivity contribution in [3.05, 3.63) is 0 Å². The zero-order valence-electron chi connectivity index (χ0n) is 2.90. The van der Waals surface area contributed by atoms with Crippen molar-refractivity contribution in [1.29, 1.82) is 0 Å². The Hall–Kier alpha value is 0.790. The van der Waals surface area contributed by atoms with Crippen LogP contribution in [0.5, 0.6) is 0 Å². The molecular weight excluding hydrogens is 152 g/mol. The molecule has 0 saturated carbocycles. The van der Waals surface area contributed by atoms with Crippen LogP contribution in [0.4, 0.5) is 0 Å². The van der Waals surface area contributed by atoms with Gasteiger partial charge in [-0.15, -0.1) is 0 Å². The summed E-state index contributed by atoms with van der Waals surface area (Å²) in [6.45, 7) is 0. The average molecular weight is 157 g/mol. The second kappa shape index (κ2) is 3.00. The fourth-order valence-corrected chi connectivity index (χ4v) is 0. The van der Waals surface area contributed by atoms with Gasteiger partial charge < -0.3 is 4.55 Å². The smallest absolute Gasteiger partial charge is 0.159 e. The minimum absolute atomic E-state index is 0.590. The molecule has 0 heterocycles. The first-order chi connectivity index (χ1) is 2.27. The lowest BCUT2D eigenvalue weighted by molar-refractivity contribution is 0.605. The van der Waals surface area contributed by atoms with E-state index in [0.29, 0.717) is 4.66 Å². The van der Waals surface area contributed by atoms with Crippen LogP contribution in [-0.2, 0) is 11.2 Å². The van der Waals surface area contributed by atoms with E-state index in [4.69, 9.17) is 0 Å². The normalized spacial score (nSPS) is 15.0. The number of hydrogen-bond acceptors (Lipinski definition) is 1. The van der Waals surface area contributed by atoms with Crippen molar-refractivity contribution in [1.82, 2.24) is 0 Å². The topological polar surface area (TPSA) is 23.1 Å². The molecule has 0 radical (unpaired) electrons. The third-order valence-electron chi connectivity index (χ3n) is 0.154. The molecule has 0 aromatic rings. The van der Waals surface area contributed by atoms with Gasteiger partial charge in [0.25, 0.3) is 0 Å². The van der Waals surface area contributed by atoms with Crippen molar-refractivity contribution in [2.45, 2.75) is 0 Å². The highest BCUT2D eigenvalue weighted by Gasteiger charge is 1.83. The molecule has 0 bridgehead atoms. The van der Waals surface area contributed by atoms with Crippen LogP contribution in [0.3, 0.4) is 0 Å². The first-order valence-electron chi connectivity index (χ1n) is 1.13. The van der Waals surface area contributed by atoms with E-state index in [1.165, 1.54) is 0 Å². The van der Waals surface area contributed by atoms with Crippen LogP contribution in [-0.4, -0.2) is 15.5 Å². The summed E-state index contributed by atoms with van der Waals surface area (Å²) in [5.41, 5.74) is 0. The van der Waals surface area contributed by atoms with Crippen LogP contribution in [0, 0.1) is 0 Å². The maximum Gasteiger partial charge on any atom is 0.159 e. The number of rotatable bonds is 1. The van der Waals surface area contributed by atoms with Gasteiger partial charge in [-0.25, -0.2) is 0 Å². The highest BCUT2D eigenvalue weighted by atomic mass is 79.9. The minimum Gasteiger partial charge on any atom is -0.616 e. The van der Waals surface area contributed by atoms with E-state index in [9.17, 15) is 4.55 Å². The van der Waals surface area contributed by atoms with Gasteiger partial charge in [0, 0.05) is 0 Å². The summed E-state index contributed by atoms with van der Waals surface area (Å²) in [5.74, 6) is 0. The quantitative estimate of drug-likeness (QED) is 0.406. The molecule has 3 heteroatoms. The van der Waals surface area contributed by atoms with Gasteiger partial charge in [-0.05, 0) is 27.1 Å². The van der Waals surface area contributed by atoms with Crippen molar-refractivity contribution in [2.75, 3.05) is 10.9 Å². The predicted molar refractivity (Wildman–Crippen MR) is 27.9 cm³/mol. The van der Waals surface area contributed by atoms with Crippen molar-refractivity contribution in [2.24, 2.45) is 0 Å². The van der Waals surface area contributed by atoms with Crippen LogP contribution in [0.1, 0.15) is 0 Å². The second-order valence-electron chi connectivity index (χ2n) is 0.682. The maximum absolute atomic E-state index is 9.88. The molecule has 0 aliphatic rings. The third kappa shape index (κ3) is 4.79. The summed E-state index contributed by atoms with van der Waals surface area (Å²) < 4.78 is 10.5. The van der Waals surface area contributed by atoms with E-state index in [0.717, 1.165) is 0 Å². The number of hydrogen-bond donors (Lipinski definition) is 0. The van der Waals surface area contributed by atoms with Crippen LogP contribution in [0.2, 0.25) is 0 Å². The minimum atomic E-state index is -0.656. The molecule has 0 saturated heterocycles. The number of alkyl halides is 1. The first-order valence-corrected chi connectivity index (χ1v) is 3.98. The largest absolute Gasteiger partial charge is 0.616 e. The standard InChI is InChI=1S/C2H5BrOS/c1-5(4)2-3/h2H2,1H3. The van der Waals surface area contributed by atoms with Crippen molar-refractivity contribution >= 4 is 27.1 Å². The summed E-state index contributed by atoms with van der Waals surface area (Å²) in [6.07, 6.45) is 1.65. The van der Waals surface area contributed by atoms with Gasteiger partial charge in [-0.1, -0.05) is 0 Å². The van der Waals surface area contributed by atoms with Gasteiger partial charge in [0.15, 0.2) is 4.66 Å². The van der Waals surface area contributed by atoms with E-state index in [1.54, 1.807) is 6.26 Å². The highest BCUT2D eigenvalue weighted by Crippen LogP contribution is 1.86. The molecule has 1 atom stereocenters. The third-order valence-corrected chi connectivity index (χ3v) is 2.40. The van der Waals surface area contributed by atoms with Gasteiger partial charge in [0.1, 0.15) is 0 Å². The second-order valence-corrected chi connectivity index (χ2v) is 3.42. The summed E-state index contributed by atoms with van der Waals surface area (Å²) in [4.78, 5) is 0. The molecule has 0 aromatic carbocycles. The first kappa shape index (κ1) is 5.79. The highest BCUT2D eigenvalue weighted by molar-refractivity contribution is 9.10. The summed E-state index contributed by atoms with van der Waals surface area (Å²) in [6, 6.07) is 0. The van der Waals surface area contributed by atoms with Gasteiger partial charge in [0.05, 0.1) is 6.26 Å². The molecule has 0 aromatic heterocycles. The fraction of sp³-hybridized carbons (Fsp3) is 1.00. The Kier molecular flexibility index (Phi) is 3.47. The molecule has 32 valence electrons. The van der Waals surface area contributed by atoms with Gasteiger partial charge in [-0.2, -0.15) is 0 Å². The van der Waals surface area contributed by atoms with Gasteiger partial charge >= 0.3 is 0 Å². The van der Waals surface area contributed by atoms with E-state index >= 15 is 0 Å². The molecule has 0 fully saturated rings. The van der Waals surface area contributed by atoms with Crippen LogP contribution in [0.25, 0.3) is 0 Å². The lowest BCUT2D eigenvalue weighted by Gasteiger charge is -1.93. The van der Waals surface area contributed by atoms with Crippen LogP contribution >= 0.6 is 15.9 Å². The Morgan fingerprint density at radius 2 is 2.20 bits per heavy atom. The molecule has 0 N–H and O–H groups in total. The molecule has 1 nitrogen and oxygen atoms in total. The average Bonchev–Trinajstić information content (AvgIpc) is 1.38. The summed E-state index contributed by atoms with van der Waals surface area (Å²) in [7, 11) is 0. The Morgan fingerprint density at radius 1 is 2.00 bits per heavy atom. The van der Waals surface area contributed by atoms with E-state index in [-0.39, 0.29) is 0 Å². The van der Waals surface area contributed by atoms with Crippen molar-refractivity contribution < 1.29 is 4.55 Å². The Balaban J connectivity index is 2.54. The van der Waals surface area contributed by atoms with Crippen LogP contribution < -0.4 is 0 Å². The molecule has 0 amide bonds. The van der Waals surface area contributed by atoms with Crippen molar-refractivity contribution in [3.8, 4) is 0 Å². The molecule has 0 aliphatic heterocycles. The molecule has 5 heavy (non-hydrogen) atoms. The van der Waals surface area contributed by atoms with Gasteiger partial charge in [-0.3, -0.25) is 0 Å². The Morgan fingerprint density at radius 3 is 2.20 bits per heavy atom. The fourth-order valence-electron chi connectivity index (χ4n) is 0. The lowest BCUT2D eigenvalue weighted by atomic mass is 11.9. The molecule has 0 aliphatic carbocycles. The Labute approximate surface area is 43.1 Å².